The molecule has 0 aromatic carbocycles. The van der Waals surface area contributed by atoms with Crippen LogP contribution in [0, 0.1) is 20.8 Å². The molecule has 29 heavy (non-hydrogen) atoms. The van der Waals surface area contributed by atoms with E-state index in [1.165, 1.54) is 6.92 Å². The van der Waals surface area contributed by atoms with Crippen LogP contribution in [0.2, 0.25) is 0 Å². The van der Waals surface area contributed by atoms with Gasteiger partial charge in [0.15, 0.2) is 0 Å². The minimum absolute atomic E-state index is 0.0356. The maximum atomic E-state index is 13.0. The zero-order valence-corrected chi connectivity index (χ0v) is 17.0. The van der Waals surface area contributed by atoms with Crippen LogP contribution in [-0.4, -0.2) is 56.7 Å². The van der Waals surface area contributed by atoms with E-state index in [0.717, 1.165) is 23.0 Å². The molecule has 1 amide bonds. The maximum Gasteiger partial charge on any atom is 0.433 e. The minimum atomic E-state index is -4.51. The molecule has 1 aliphatic heterocycles. The van der Waals surface area contributed by atoms with Crippen LogP contribution in [0.1, 0.15) is 34.8 Å². The third-order valence-electron chi connectivity index (χ3n) is 5.30. The number of rotatable bonds is 4. The lowest BCUT2D eigenvalue weighted by Crippen LogP contribution is -2.49. The van der Waals surface area contributed by atoms with Gasteiger partial charge in [0, 0.05) is 51.0 Å². The second-order valence-electron chi connectivity index (χ2n) is 7.33. The van der Waals surface area contributed by atoms with Gasteiger partial charge in [-0.2, -0.15) is 18.3 Å². The van der Waals surface area contributed by atoms with Gasteiger partial charge in [0.1, 0.15) is 5.69 Å². The molecular formula is C19H25F3N6O. The van der Waals surface area contributed by atoms with E-state index < -0.39 is 11.9 Å². The number of amides is 1. The van der Waals surface area contributed by atoms with Crippen LogP contribution in [0.25, 0.3) is 0 Å². The Morgan fingerprint density at radius 2 is 1.76 bits per heavy atom. The van der Waals surface area contributed by atoms with Crippen LogP contribution in [0.4, 0.5) is 19.1 Å². The molecular weight excluding hydrogens is 385 g/mol. The van der Waals surface area contributed by atoms with Crippen LogP contribution in [-0.2, 0) is 24.4 Å². The Morgan fingerprint density at radius 3 is 2.31 bits per heavy atom. The fraction of sp³-hybridized carbons (Fsp3) is 0.579. The molecule has 10 heteroatoms. The summed E-state index contributed by atoms with van der Waals surface area (Å²) in [7, 11) is 1.88. The molecule has 0 saturated carbocycles. The predicted molar refractivity (Wildman–Crippen MR) is 102 cm³/mol. The molecule has 2 aromatic heterocycles. The van der Waals surface area contributed by atoms with E-state index in [-0.39, 0.29) is 17.5 Å². The topological polar surface area (TPSA) is 67.2 Å². The van der Waals surface area contributed by atoms with Crippen molar-refractivity contribution in [1.29, 1.82) is 0 Å². The third-order valence-corrected chi connectivity index (χ3v) is 5.30. The quantitative estimate of drug-likeness (QED) is 0.775. The van der Waals surface area contributed by atoms with Crippen molar-refractivity contribution in [2.24, 2.45) is 7.05 Å². The molecule has 3 heterocycles. The average molecular weight is 410 g/mol. The van der Waals surface area contributed by atoms with Crippen molar-refractivity contribution in [3.63, 3.8) is 0 Å². The zero-order valence-electron chi connectivity index (χ0n) is 17.0. The molecule has 0 bridgehead atoms. The summed E-state index contributed by atoms with van der Waals surface area (Å²) in [6, 6.07) is 0.936. The maximum absolute atomic E-state index is 13.0. The Labute approximate surface area is 167 Å². The van der Waals surface area contributed by atoms with Gasteiger partial charge in [-0.15, -0.1) is 0 Å². The van der Waals surface area contributed by atoms with E-state index in [4.69, 9.17) is 0 Å². The lowest BCUT2D eigenvalue weighted by Gasteiger charge is -2.35. The number of alkyl halides is 3. The van der Waals surface area contributed by atoms with Gasteiger partial charge in [-0.3, -0.25) is 9.48 Å². The zero-order chi connectivity index (χ0) is 21.3. The summed E-state index contributed by atoms with van der Waals surface area (Å²) < 4.78 is 40.8. The van der Waals surface area contributed by atoms with E-state index in [0.29, 0.717) is 39.0 Å². The van der Waals surface area contributed by atoms with Crippen LogP contribution in [0.3, 0.4) is 0 Å². The number of aromatic nitrogens is 4. The molecule has 0 spiro atoms. The molecule has 0 unspecified atom stereocenters. The van der Waals surface area contributed by atoms with Crippen molar-refractivity contribution in [3.05, 3.63) is 34.4 Å². The number of hydrogen-bond acceptors (Lipinski definition) is 5. The number of anilines is 1. The van der Waals surface area contributed by atoms with E-state index >= 15 is 0 Å². The Kier molecular flexibility index (Phi) is 5.81. The summed E-state index contributed by atoms with van der Waals surface area (Å²) in [6.45, 7) is 7.10. The first kappa shape index (κ1) is 21.1. The highest BCUT2D eigenvalue weighted by Crippen LogP contribution is 2.29. The number of hydrogen-bond donors (Lipinski definition) is 0. The molecule has 7 nitrogen and oxygen atoms in total. The molecule has 158 valence electrons. The highest BCUT2D eigenvalue weighted by molar-refractivity contribution is 5.76. The first-order chi connectivity index (χ1) is 13.6. The lowest BCUT2D eigenvalue weighted by molar-refractivity contribution is -0.141. The normalized spacial score (nSPS) is 15.1. The summed E-state index contributed by atoms with van der Waals surface area (Å²) in [5, 5.41) is 4.37. The first-order valence-corrected chi connectivity index (χ1v) is 9.51. The summed E-state index contributed by atoms with van der Waals surface area (Å²) >= 11 is 0. The third kappa shape index (κ3) is 4.68. The summed E-state index contributed by atoms with van der Waals surface area (Å²) in [4.78, 5) is 23.8. The fourth-order valence-electron chi connectivity index (χ4n) is 3.56. The van der Waals surface area contributed by atoms with Gasteiger partial charge in [0.25, 0.3) is 0 Å². The predicted octanol–water partition coefficient (Wildman–Crippen LogP) is 2.44. The standard InChI is InChI=1S/C19H25F3N6O/c1-12-11-16(19(20,21)22)24-18(23-12)28-9-7-27(8-10-28)17(29)6-5-15-13(2)25-26(4)14(15)3/h11H,5-10H2,1-4H3. The number of carbonyl (C=O) groups is 1. The summed E-state index contributed by atoms with van der Waals surface area (Å²) in [5.74, 6) is 0.0967. The molecule has 0 aliphatic carbocycles. The van der Waals surface area contributed by atoms with E-state index in [1.807, 2.05) is 25.6 Å². The Balaban J connectivity index is 1.59. The van der Waals surface area contributed by atoms with Gasteiger partial charge in [-0.05, 0) is 38.8 Å². The Morgan fingerprint density at radius 1 is 1.10 bits per heavy atom. The number of nitrogens with zero attached hydrogens (tertiary/aromatic N) is 6. The Bertz CT molecular complexity index is 900. The summed E-state index contributed by atoms with van der Waals surface area (Å²) in [5.41, 5.74) is 2.40. The van der Waals surface area contributed by atoms with Crippen molar-refractivity contribution in [1.82, 2.24) is 24.6 Å². The molecule has 0 atom stereocenters. The lowest BCUT2D eigenvalue weighted by atomic mass is 10.1. The minimum Gasteiger partial charge on any atom is -0.339 e. The molecule has 1 aliphatic rings. The highest BCUT2D eigenvalue weighted by atomic mass is 19.4. The number of halogens is 3. The van der Waals surface area contributed by atoms with E-state index in [2.05, 4.69) is 15.1 Å². The van der Waals surface area contributed by atoms with Crippen molar-refractivity contribution in [2.75, 3.05) is 31.1 Å². The van der Waals surface area contributed by atoms with Crippen molar-refractivity contribution >= 4 is 11.9 Å². The number of aryl methyl sites for hydroxylation is 3. The number of carbonyl (C=O) groups excluding carboxylic acids is 1. The second kappa shape index (κ2) is 8.00. The molecule has 1 fully saturated rings. The second-order valence-corrected chi connectivity index (χ2v) is 7.33. The Hall–Kier alpha value is -2.65. The first-order valence-electron chi connectivity index (χ1n) is 9.51. The molecule has 3 rings (SSSR count). The van der Waals surface area contributed by atoms with Crippen molar-refractivity contribution < 1.29 is 18.0 Å². The van der Waals surface area contributed by atoms with Crippen LogP contribution >= 0.6 is 0 Å². The SMILES string of the molecule is Cc1cc(C(F)(F)F)nc(N2CCN(C(=O)CCc3c(C)nn(C)c3C)CC2)n1. The molecule has 0 radical (unpaired) electrons. The molecule has 0 N–H and O–H groups in total. The average Bonchev–Trinajstić information content (AvgIpc) is 2.90. The number of piperazine rings is 1. The molecule has 1 saturated heterocycles. The van der Waals surface area contributed by atoms with Gasteiger partial charge >= 0.3 is 6.18 Å². The van der Waals surface area contributed by atoms with Crippen LogP contribution < -0.4 is 4.90 Å². The van der Waals surface area contributed by atoms with Gasteiger partial charge < -0.3 is 9.80 Å². The van der Waals surface area contributed by atoms with Crippen LogP contribution in [0.15, 0.2) is 6.07 Å². The van der Waals surface area contributed by atoms with Crippen molar-refractivity contribution in [3.8, 4) is 0 Å². The summed E-state index contributed by atoms with van der Waals surface area (Å²) in [6.07, 6.45) is -3.50. The van der Waals surface area contributed by atoms with Gasteiger partial charge in [-0.25, -0.2) is 9.97 Å². The van der Waals surface area contributed by atoms with Gasteiger partial charge in [-0.1, -0.05) is 0 Å². The van der Waals surface area contributed by atoms with Gasteiger partial charge in [0.2, 0.25) is 11.9 Å². The van der Waals surface area contributed by atoms with Gasteiger partial charge in [0.05, 0.1) is 5.69 Å². The monoisotopic (exact) mass is 410 g/mol. The largest absolute Gasteiger partial charge is 0.433 e. The smallest absolute Gasteiger partial charge is 0.339 e. The van der Waals surface area contributed by atoms with E-state index in [1.54, 1.807) is 9.80 Å². The van der Waals surface area contributed by atoms with Crippen molar-refractivity contribution in [2.45, 2.75) is 39.8 Å². The molecule has 2 aromatic rings. The van der Waals surface area contributed by atoms with E-state index in [9.17, 15) is 18.0 Å². The highest BCUT2D eigenvalue weighted by Gasteiger charge is 2.34. The fourth-order valence-corrected chi connectivity index (χ4v) is 3.56. The van der Waals surface area contributed by atoms with Crippen LogP contribution in [0.5, 0.6) is 0 Å².